The number of amides is 4. The molecule has 96 valence electrons. The summed E-state index contributed by atoms with van der Waals surface area (Å²) in [6.45, 7) is 1.70. The van der Waals surface area contributed by atoms with E-state index in [9.17, 15) is 14.4 Å². The minimum atomic E-state index is -0.637. The summed E-state index contributed by atoms with van der Waals surface area (Å²) in [7, 11) is 0. The molecule has 0 radical (unpaired) electrons. The fourth-order valence-corrected chi connectivity index (χ4v) is 1.25. The molecule has 0 saturated carbocycles. The zero-order valence-corrected chi connectivity index (χ0v) is 11.2. The number of carbonyl (C=O) groups excluding carboxylic acids is 3. The first-order chi connectivity index (χ1) is 8.52. The van der Waals surface area contributed by atoms with Crippen LogP contribution in [0.25, 0.3) is 0 Å². The van der Waals surface area contributed by atoms with Crippen molar-refractivity contribution in [3.05, 3.63) is 24.3 Å². The maximum absolute atomic E-state index is 11.4. The molecule has 1 rings (SSSR count). The van der Waals surface area contributed by atoms with Gasteiger partial charge in [0.2, 0.25) is 12.3 Å². The van der Waals surface area contributed by atoms with Crippen molar-refractivity contribution in [2.45, 2.75) is 11.8 Å². The van der Waals surface area contributed by atoms with Crippen LogP contribution in [-0.2, 0) is 9.59 Å². The quantitative estimate of drug-likeness (QED) is 0.584. The Morgan fingerprint density at radius 2 is 1.89 bits per heavy atom. The van der Waals surface area contributed by atoms with Gasteiger partial charge in [0.1, 0.15) is 0 Å². The molecule has 0 saturated heterocycles. The highest BCUT2D eigenvalue weighted by Gasteiger charge is 2.09. The average molecular weight is 314 g/mol. The Hall–Kier alpha value is -1.89. The Morgan fingerprint density at radius 3 is 2.44 bits per heavy atom. The molecular weight excluding hydrogens is 302 g/mol. The van der Waals surface area contributed by atoms with Crippen molar-refractivity contribution in [1.82, 2.24) is 5.32 Å². The van der Waals surface area contributed by atoms with Crippen LogP contribution < -0.4 is 16.0 Å². The zero-order valence-electron chi connectivity index (χ0n) is 9.57. The fourth-order valence-electron chi connectivity index (χ4n) is 1.14. The molecule has 0 aromatic heterocycles. The number of halogens is 1. The molecule has 0 bridgehead atoms. The number of nitrogens with one attached hydrogen (secondary N) is 3. The summed E-state index contributed by atoms with van der Waals surface area (Å²) >= 11 is 3.15. The topological polar surface area (TPSA) is 87.3 Å². The summed E-state index contributed by atoms with van der Waals surface area (Å²) in [5.74, 6) is -0.190. The maximum Gasteiger partial charge on any atom is 0.325 e. The maximum atomic E-state index is 11.4. The Morgan fingerprint density at radius 1 is 1.28 bits per heavy atom. The first-order valence-corrected chi connectivity index (χ1v) is 6.00. The van der Waals surface area contributed by atoms with Crippen LogP contribution >= 0.6 is 15.9 Å². The minimum Gasteiger partial charge on any atom is -0.325 e. The van der Waals surface area contributed by atoms with E-state index in [4.69, 9.17) is 0 Å². The third-order valence-electron chi connectivity index (χ3n) is 1.94. The van der Waals surface area contributed by atoms with Gasteiger partial charge in [-0.05, 0) is 25.1 Å². The average Bonchev–Trinajstić information content (AvgIpc) is 2.29. The van der Waals surface area contributed by atoms with Gasteiger partial charge in [-0.1, -0.05) is 22.0 Å². The molecule has 7 heteroatoms. The second-order valence-electron chi connectivity index (χ2n) is 3.40. The number of alkyl halides is 1. The molecule has 1 unspecified atom stereocenters. The zero-order chi connectivity index (χ0) is 13.5. The van der Waals surface area contributed by atoms with Gasteiger partial charge in [0, 0.05) is 11.4 Å². The number of anilines is 2. The lowest BCUT2D eigenvalue weighted by Crippen LogP contribution is -2.27. The number of imide groups is 1. The largest absolute Gasteiger partial charge is 0.325 e. The number of rotatable bonds is 4. The molecule has 1 aromatic carbocycles. The van der Waals surface area contributed by atoms with Crippen LogP contribution in [0.5, 0.6) is 0 Å². The molecular formula is C11H12BrN3O3. The van der Waals surface area contributed by atoms with Gasteiger partial charge in [-0.2, -0.15) is 0 Å². The normalized spacial score (nSPS) is 11.2. The highest BCUT2D eigenvalue weighted by Crippen LogP contribution is 2.15. The monoisotopic (exact) mass is 313 g/mol. The van der Waals surface area contributed by atoms with Crippen molar-refractivity contribution in [3.63, 3.8) is 0 Å². The molecule has 1 aromatic rings. The minimum absolute atomic E-state index is 0.190. The fraction of sp³-hybridized carbons (Fsp3) is 0.182. The van der Waals surface area contributed by atoms with E-state index < -0.39 is 6.03 Å². The molecule has 4 amide bonds. The molecule has 3 N–H and O–H groups in total. The SMILES string of the molecule is CC(Br)C(=O)Nc1cccc(NC(=O)NC=O)c1. The Kier molecular flexibility index (Phi) is 5.31. The van der Waals surface area contributed by atoms with E-state index in [1.807, 2.05) is 5.32 Å². The second-order valence-corrected chi connectivity index (χ2v) is 4.78. The van der Waals surface area contributed by atoms with Gasteiger partial charge in [-0.25, -0.2) is 4.79 Å². The van der Waals surface area contributed by atoms with Crippen molar-refractivity contribution in [1.29, 1.82) is 0 Å². The van der Waals surface area contributed by atoms with Crippen LogP contribution in [0, 0.1) is 0 Å². The number of hydrogen-bond donors (Lipinski definition) is 3. The number of benzene rings is 1. The lowest BCUT2D eigenvalue weighted by Gasteiger charge is -2.09. The van der Waals surface area contributed by atoms with Crippen molar-refractivity contribution >= 4 is 45.7 Å². The molecule has 0 fully saturated rings. The standard InChI is InChI=1S/C11H12BrN3O3/c1-7(12)10(17)14-8-3-2-4-9(5-8)15-11(18)13-6-16/h2-7H,1H3,(H,14,17)(H2,13,15,16,18). The van der Waals surface area contributed by atoms with Crippen molar-refractivity contribution in [2.24, 2.45) is 0 Å². The van der Waals surface area contributed by atoms with Crippen LogP contribution in [0.2, 0.25) is 0 Å². The Labute approximate surface area is 112 Å². The van der Waals surface area contributed by atoms with E-state index in [1.54, 1.807) is 31.2 Å². The summed E-state index contributed by atoms with van der Waals surface area (Å²) < 4.78 is 0. The van der Waals surface area contributed by atoms with Gasteiger partial charge in [0.05, 0.1) is 4.83 Å². The van der Waals surface area contributed by atoms with Crippen molar-refractivity contribution in [3.8, 4) is 0 Å². The number of carbonyl (C=O) groups is 3. The van der Waals surface area contributed by atoms with E-state index in [2.05, 4.69) is 26.6 Å². The summed E-state index contributed by atoms with van der Waals surface area (Å²) in [6.07, 6.45) is 0.285. The predicted octanol–water partition coefficient (Wildman–Crippen LogP) is 1.69. The number of urea groups is 1. The second kappa shape index (κ2) is 6.75. The smallest absolute Gasteiger partial charge is 0.325 e. The highest BCUT2D eigenvalue weighted by molar-refractivity contribution is 9.10. The van der Waals surface area contributed by atoms with Gasteiger partial charge >= 0.3 is 6.03 Å². The molecule has 18 heavy (non-hydrogen) atoms. The summed E-state index contributed by atoms with van der Waals surface area (Å²) in [5.41, 5.74) is 1.02. The van der Waals surface area contributed by atoms with Gasteiger partial charge in [-0.3, -0.25) is 14.9 Å². The van der Waals surface area contributed by atoms with Crippen molar-refractivity contribution < 1.29 is 14.4 Å². The van der Waals surface area contributed by atoms with Gasteiger partial charge in [-0.15, -0.1) is 0 Å². The van der Waals surface area contributed by atoms with Gasteiger partial charge < -0.3 is 10.6 Å². The first kappa shape index (κ1) is 14.2. The molecule has 0 aliphatic heterocycles. The third kappa shape index (κ3) is 4.54. The number of hydrogen-bond acceptors (Lipinski definition) is 3. The Bertz CT molecular complexity index is 463. The van der Waals surface area contributed by atoms with E-state index in [0.717, 1.165) is 0 Å². The van der Waals surface area contributed by atoms with E-state index in [1.165, 1.54) is 0 Å². The van der Waals surface area contributed by atoms with Crippen molar-refractivity contribution in [2.75, 3.05) is 10.6 Å². The highest BCUT2D eigenvalue weighted by atomic mass is 79.9. The third-order valence-corrected chi connectivity index (χ3v) is 2.36. The van der Waals surface area contributed by atoms with E-state index in [0.29, 0.717) is 11.4 Å². The van der Waals surface area contributed by atoms with Crippen LogP contribution in [0.1, 0.15) is 6.92 Å². The lowest BCUT2D eigenvalue weighted by molar-refractivity contribution is -0.115. The molecule has 0 aliphatic carbocycles. The predicted molar refractivity (Wildman–Crippen MR) is 71.7 cm³/mol. The lowest BCUT2D eigenvalue weighted by atomic mass is 10.2. The van der Waals surface area contributed by atoms with E-state index >= 15 is 0 Å². The van der Waals surface area contributed by atoms with Gasteiger partial charge in [0.15, 0.2) is 0 Å². The summed E-state index contributed by atoms with van der Waals surface area (Å²) in [6, 6.07) is 5.94. The molecule has 6 nitrogen and oxygen atoms in total. The molecule has 0 aliphatic rings. The van der Waals surface area contributed by atoms with Crippen LogP contribution in [0.15, 0.2) is 24.3 Å². The van der Waals surface area contributed by atoms with Gasteiger partial charge in [0.25, 0.3) is 0 Å². The Balaban J connectivity index is 2.70. The summed E-state index contributed by atoms with van der Waals surface area (Å²) in [5, 5.41) is 7.05. The molecule has 0 heterocycles. The first-order valence-electron chi connectivity index (χ1n) is 5.09. The molecule has 1 atom stereocenters. The van der Waals surface area contributed by atoms with Crippen LogP contribution in [-0.4, -0.2) is 23.2 Å². The summed E-state index contributed by atoms with van der Waals surface area (Å²) in [4.78, 5) is 32.3. The van der Waals surface area contributed by atoms with Crippen LogP contribution in [0.3, 0.4) is 0 Å². The van der Waals surface area contributed by atoms with E-state index in [-0.39, 0.29) is 17.1 Å². The van der Waals surface area contributed by atoms with Crippen LogP contribution in [0.4, 0.5) is 16.2 Å². The molecule has 0 spiro atoms.